The highest BCUT2D eigenvalue weighted by atomic mass is 32.2. The third kappa shape index (κ3) is 6.83. The Hall–Kier alpha value is -2.95. The highest BCUT2D eigenvalue weighted by Crippen LogP contribution is 2.32. The van der Waals surface area contributed by atoms with Crippen LogP contribution in [0, 0.1) is 0 Å². The predicted molar refractivity (Wildman–Crippen MR) is 128 cm³/mol. The number of hydrogen-bond acceptors (Lipinski definition) is 5. The number of benzene rings is 2. The summed E-state index contributed by atoms with van der Waals surface area (Å²) < 4.78 is 79.0. The van der Waals surface area contributed by atoms with Gasteiger partial charge in [-0.05, 0) is 60.9 Å². The van der Waals surface area contributed by atoms with E-state index in [1.165, 1.54) is 10.4 Å². The molecule has 1 atom stereocenters. The molecular formula is C26H27F3N2O4S. The summed E-state index contributed by atoms with van der Waals surface area (Å²) in [6, 6.07) is 16.5. The Morgan fingerprint density at radius 1 is 1.06 bits per heavy atom. The van der Waals surface area contributed by atoms with Gasteiger partial charge < -0.3 is 9.47 Å². The summed E-state index contributed by atoms with van der Waals surface area (Å²) in [6.45, 7) is 1.02. The fourth-order valence-electron chi connectivity index (χ4n) is 3.96. The molecule has 1 unspecified atom stereocenters. The Morgan fingerprint density at radius 3 is 2.53 bits per heavy atom. The van der Waals surface area contributed by atoms with Gasteiger partial charge in [-0.15, -0.1) is 0 Å². The fraction of sp³-hybridized carbons (Fsp3) is 0.346. The zero-order chi connectivity index (χ0) is 25.6. The van der Waals surface area contributed by atoms with E-state index in [1.54, 1.807) is 30.5 Å². The first kappa shape index (κ1) is 26.1. The minimum Gasteiger partial charge on any atom is -0.493 e. The van der Waals surface area contributed by atoms with Gasteiger partial charge in [0.15, 0.2) is 0 Å². The summed E-state index contributed by atoms with van der Waals surface area (Å²) >= 11 is 0. The Morgan fingerprint density at radius 2 is 1.86 bits per heavy atom. The molecule has 10 heteroatoms. The number of nitrogens with zero attached hydrogens (tertiary/aromatic N) is 2. The van der Waals surface area contributed by atoms with Crippen LogP contribution in [0.1, 0.15) is 29.7 Å². The molecule has 36 heavy (non-hydrogen) atoms. The zero-order valence-electron chi connectivity index (χ0n) is 19.5. The molecule has 0 N–H and O–H groups in total. The van der Waals surface area contributed by atoms with E-state index in [-0.39, 0.29) is 19.2 Å². The summed E-state index contributed by atoms with van der Waals surface area (Å²) in [5.41, 5.74) is 0.590. The normalized spacial score (nSPS) is 16.4. The molecule has 0 bridgehead atoms. The highest BCUT2D eigenvalue weighted by molar-refractivity contribution is 7.89. The Labute approximate surface area is 208 Å². The van der Waals surface area contributed by atoms with Crippen LogP contribution in [0.2, 0.25) is 0 Å². The molecule has 0 spiro atoms. The first-order valence-electron chi connectivity index (χ1n) is 11.6. The Balaban J connectivity index is 1.48. The zero-order valence-corrected chi connectivity index (χ0v) is 20.3. The average molecular weight is 521 g/mol. The van der Waals surface area contributed by atoms with Crippen LogP contribution < -0.4 is 4.74 Å². The van der Waals surface area contributed by atoms with E-state index in [0.29, 0.717) is 43.4 Å². The summed E-state index contributed by atoms with van der Waals surface area (Å²) in [4.78, 5) is 3.85. The highest BCUT2D eigenvalue weighted by Gasteiger charge is 2.34. The molecule has 1 saturated heterocycles. The standard InChI is InChI=1S/C26H27F3N2O4S/c27-26(28,29)21-5-3-8-25(17-21)36(32,33)31(19-24-7-4-15-34-24)18-20-9-11-23(12-10-20)35-16-13-22-6-1-2-14-30-22/h1-3,5-6,8-12,14,17,24H,4,7,13,15-16,18-19H2. The van der Waals surface area contributed by atoms with Crippen molar-refractivity contribution < 1.29 is 31.1 Å². The molecule has 4 rings (SSSR count). The third-order valence-electron chi connectivity index (χ3n) is 5.87. The lowest BCUT2D eigenvalue weighted by Crippen LogP contribution is -2.37. The fourth-order valence-corrected chi connectivity index (χ4v) is 5.47. The number of ether oxygens (including phenoxy) is 2. The SMILES string of the molecule is O=S(=O)(c1cccc(C(F)(F)F)c1)N(Cc1ccc(OCCc2ccccn2)cc1)CC1CCCO1. The maximum absolute atomic E-state index is 13.4. The van der Waals surface area contributed by atoms with E-state index < -0.39 is 26.7 Å². The second-order valence-corrected chi connectivity index (χ2v) is 10.5. The van der Waals surface area contributed by atoms with E-state index in [2.05, 4.69) is 4.98 Å². The van der Waals surface area contributed by atoms with Crippen molar-refractivity contribution in [3.05, 3.63) is 89.7 Å². The molecule has 0 aliphatic carbocycles. The van der Waals surface area contributed by atoms with Crippen LogP contribution in [0.15, 0.2) is 77.8 Å². The molecule has 0 amide bonds. The van der Waals surface area contributed by atoms with Crippen LogP contribution in [-0.4, -0.2) is 43.6 Å². The van der Waals surface area contributed by atoms with Crippen molar-refractivity contribution >= 4 is 10.0 Å². The molecule has 192 valence electrons. The van der Waals surface area contributed by atoms with Crippen molar-refractivity contribution in [1.82, 2.24) is 9.29 Å². The van der Waals surface area contributed by atoms with Crippen molar-refractivity contribution in [1.29, 1.82) is 0 Å². The molecule has 1 aliphatic rings. The smallest absolute Gasteiger partial charge is 0.416 e. The Bertz CT molecular complexity index is 1230. The van der Waals surface area contributed by atoms with Gasteiger partial charge in [-0.1, -0.05) is 24.3 Å². The van der Waals surface area contributed by atoms with Crippen LogP contribution in [0.3, 0.4) is 0 Å². The van der Waals surface area contributed by atoms with Gasteiger partial charge >= 0.3 is 6.18 Å². The molecule has 6 nitrogen and oxygen atoms in total. The van der Waals surface area contributed by atoms with Gasteiger partial charge in [0.1, 0.15) is 5.75 Å². The molecule has 0 radical (unpaired) electrons. The van der Waals surface area contributed by atoms with Crippen LogP contribution >= 0.6 is 0 Å². The topological polar surface area (TPSA) is 68.7 Å². The first-order chi connectivity index (χ1) is 17.2. The minimum atomic E-state index is -4.64. The molecule has 2 aromatic carbocycles. The van der Waals surface area contributed by atoms with Crippen LogP contribution in [0.25, 0.3) is 0 Å². The van der Waals surface area contributed by atoms with Crippen LogP contribution in [0.5, 0.6) is 5.75 Å². The number of rotatable bonds is 10. The van der Waals surface area contributed by atoms with Gasteiger partial charge in [0, 0.05) is 38.0 Å². The van der Waals surface area contributed by atoms with E-state index in [9.17, 15) is 21.6 Å². The quantitative estimate of drug-likeness (QED) is 0.373. The lowest BCUT2D eigenvalue weighted by Gasteiger charge is -2.25. The lowest BCUT2D eigenvalue weighted by atomic mass is 10.2. The number of aromatic nitrogens is 1. The maximum Gasteiger partial charge on any atom is 0.416 e. The van der Waals surface area contributed by atoms with Gasteiger partial charge in [0.05, 0.1) is 23.2 Å². The van der Waals surface area contributed by atoms with Gasteiger partial charge in [-0.3, -0.25) is 4.98 Å². The maximum atomic E-state index is 13.4. The van der Waals surface area contributed by atoms with E-state index >= 15 is 0 Å². The number of sulfonamides is 1. The summed E-state index contributed by atoms with van der Waals surface area (Å²) in [6.07, 6.45) is -1.08. The van der Waals surface area contributed by atoms with Crippen LogP contribution in [-0.2, 0) is 33.9 Å². The lowest BCUT2D eigenvalue weighted by molar-refractivity contribution is -0.137. The molecule has 1 aromatic heterocycles. The van der Waals surface area contributed by atoms with E-state index in [0.717, 1.165) is 24.2 Å². The first-order valence-corrected chi connectivity index (χ1v) is 13.1. The van der Waals surface area contributed by atoms with Crippen molar-refractivity contribution in [2.75, 3.05) is 19.8 Å². The van der Waals surface area contributed by atoms with Gasteiger partial charge in [-0.2, -0.15) is 17.5 Å². The molecule has 2 heterocycles. The largest absolute Gasteiger partial charge is 0.493 e. The summed E-state index contributed by atoms with van der Waals surface area (Å²) in [7, 11) is -4.21. The molecular weight excluding hydrogens is 493 g/mol. The number of alkyl halides is 3. The molecule has 1 aliphatic heterocycles. The Kier molecular flexibility index (Phi) is 8.28. The number of pyridine rings is 1. The van der Waals surface area contributed by atoms with Gasteiger partial charge in [0.25, 0.3) is 0 Å². The van der Waals surface area contributed by atoms with E-state index in [1.807, 2.05) is 18.2 Å². The second-order valence-electron chi connectivity index (χ2n) is 8.52. The minimum absolute atomic E-state index is 0.00729. The average Bonchev–Trinajstić information content (AvgIpc) is 3.38. The summed E-state index contributed by atoms with van der Waals surface area (Å²) in [5.74, 6) is 0.626. The van der Waals surface area contributed by atoms with Crippen molar-refractivity contribution in [2.24, 2.45) is 0 Å². The second kappa shape index (κ2) is 11.4. The third-order valence-corrected chi connectivity index (χ3v) is 7.67. The van der Waals surface area contributed by atoms with E-state index in [4.69, 9.17) is 9.47 Å². The summed E-state index contributed by atoms with van der Waals surface area (Å²) in [5, 5.41) is 0. The molecule has 1 fully saturated rings. The van der Waals surface area contributed by atoms with Crippen LogP contribution in [0.4, 0.5) is 13.2 Å². The number of halogens is 3. The van der Waals surface area contributed by atoms with Gasteiger partial charge in [-0.25, -0.2) is 8.42 Å². The van der Waals surface area contributed by atoms with Crippen molar-refractivity contribution in [2.45, 2.75) is 43.0 Å². The number of hydrogen-bond donors (Lipinski definition) is 0. The van der Waals surface area contributed by atoms with Gasteiger partial charge in [0.2, 0.25) is 10.0 Å². The van der Waals surface area contributed by atoms with Crippen molar-refractivity contribution in [3.8, 4) is 5.75 Å². The monoisotopic (exact) mass is 520 g/mol. The molecule has 0 saturated carbocycles. The predicted octanol–water partition coefficient (Wildman–Crippen LogP) is 5.09. The van der Waals surface area contributed by atoms with Crippen molar-refractivity contribution in [3.63, 3.8) is 0 Å². The molecule has 3 aromatic rings.